The van der Waals surface area contributed by atoms with Gasteiger partial charge in [-0.05, 0) is 30.0 Å². The van der Waals surface area contributed by atoms with Gasteiger partial charge in [0.1, 0.15) is 6.07 Å². The molecule has 2 nitrogen and oxygen atoms in total. The Morgan fingerprint density at radius 3 is 3.00 bits per heavy atom. The number of halogens is 1. The van der Waals surface area contributed by atoms with Crippen LogP contribution in [0.1, 0.15) is 29.2 Å². The highest BCUT2D eigenvalue weighted by molar-refractivity contribution is 6.32. The summed E-state index contributed by atoms with van der Waals surface area (Å²) < 4.78 is 0. The van der Waals surface area contributed by atoms with Gasteiger partial charge in [-0.15, -0.1) is 0 Å². The van der Waals surface area contributed by atoms with Gasteiger partial charge in [0.25, 0.3) is 0 Å². The van der Waals surface area contributed by atoms with Crippen LogP contribution in [0.2, 0.25) is 5.02 Å². The molecule has 0 spiro atoms. The summed E-state index contributed by atoms with van der Waals surface area (Å²) in [6.45, 7) is 0. The third-order valence-electron chi connectivity index (χ3n) is 2.50. The first-order chi connectivity index (χ1) is 6.24. The number of fused-ring (bicyclic) bond motifs is 1. The maximum absolute atomic E-state index is 8.75. The Hall–Kier alpha value is -1.04. The summed E-state index contributed by atoms with van der Waals surface area (Å²) in [5, 5.41) is 9.34. The number of nitrogens with zero attached hydrogens (tertiary/aromatic N) is 1. The Kier molecular flexibility index (Phi) is 1.99. The van der Waals surface area contributed by atoms with Crippen molar-refractivity contribution < 1.29 is 0 Å². The lowest BCUT2D eigenvalue weighted by Crippen LogP contribution is -2.05. The Morgan fingerprint density at radius 2 is 2.31 bits per heavy atom. The van der Waals surface area contributed by atoms with Crippen molar-refractivity contribution in [1.29, 1.82) is 5.26 Å². The molecule has 0 aromatic heterocycles. The van der Waals surface area contributed by atoms with Gasteiger partial charge in [-0.2, -0.15) is 5.26 Å². The molecule has 0 aliphatic heterocycles. The van der Waals surface area contributed by atoms with Gasteiger partial charge >= 0.3 is 0 Å². The standard InChI is InChI=1S/C10H9ClN2/c11-10-6(5-12)1-2-7-8(10)3-4-9(7)13/h1-2,9H,3-4,13H2/t9-/m1/s1. The highest BCUT2D eigenvalue weighted by atomic mass is 35.5. The third kappa shape index (κ3) is 1.21. The average Bonchev–Trinajstić information content (AvgIpc) is 2.50. The summed E-state index contributed by atoms with van der Waals surface area (Å²) in [4.78, 5) is 0. The summed E-state index contributed by atoms with van der Waals surface area (Å²) in [6, 6.07) is 5.82. The van der Waals surface area contributed by atoms with Crippen LogP contribution in [-0.2, 0) is 6.42 Å². The largest absolute Gasteiger partial charge is 0.324 e. The van der Waals surface area contributed by atoms with Gasteiger partial charge in [0.2, 0.25) is 0 Å². The van der Waals surface area contributed by atoms with Crippen LogP contribution in [0, 0.1) is 11.3 Å². The quantitative estimate of drug-likeness (QED) is 0.685. The number of benzene rings is 1. The lowest BCUT2D eigenvalue weighted by Gasteiger charge is -2.05. The van der Waals surface area contributed by atoms with E-state index in [4.69, 9.17) is 22.6 Å². The molecule has 0 saturated carbocycles. The molecule has 2 rings (SSSR count). The number of hydrogen-bond acceptors (Lipinski definition) is 2. The minimum absolute atomic E-state index is 0.0974. The van der Waals surface area contributed by atoms with E-state index in [2.05, 4.69) is 6.07 Å². The van der Waals surface area contributed by atoms with E-state index in [0.29, 0.717) is 10.6 Å². The molecule has 0 unspecified atom stereocenters. The van der Waals surface area contributed by atoms with E-state index in [-0.39, 0.29) is 6.04 Å². The van der Waals surface area contributed by atoms with Crippen molar-refractivity contribution in [3.8, 4) is 6.07 Å². The van der Waals surface area contributed by atoms with Crippen LogP contribution in [0.25, 0.3) is 0 Å². The predicted octanol–water partition coefficient (Wildman–Crippen LogP) is 2.16. The van der Waals surface area contributed by atoms with Gasteiger partial charge in [0, 0.05) is 6.04 Å². The smallest absolute Gasteiger partial charge is 0.101 e. The molecule has 13 heavy (non-hydrogen) atoms. The van der Waals surface area contributed by atoms with E-state index in [1.54, 1.807) is 6.07 Å². The normalized spacial score (nSPS) is 19.6. The second-order valence-corrected chi connectivity index (χ2v) is 3.63. The monoisotopic (exact) mass is 192 g/mol. The zero-order valence-electron chi connectivity index (χ0n) is 7.05. The summed E-state index contributed by atoms with van der Waals surface area (Å²) in [5.74, 6) is 0. The lowest BCUT2D eigenvalue weighted by atomic mass is 10.1. The Labute approximate surface area is 81.9 Å². The van der Waals surface area contributed by atoms with Crippen LogP contribution in [0.4, 0.5) is 0 Å². The molecule has 0 radical (unpaired) electrons. The van der Waals surface area contributed by atoms with E-state index in [1.165, 1.54) is 0 Å². The molecule has 3 heteroatoms. The van der Waals surface area contributed by atoms with Gasteiger partial charge in [-0.1, -0.05) is 17.7 Å². The molecular weight excluding hydrogens is 184 g/mol. The fraction of sp³-hybridized carbons (Fsp3) is 0.300. The third-order valence-corrected chi connectivity index (χ3v) is 2.94. The topological polar surface area (TPSA) is 49.8 Å². The molecule has 0 saturated heterocycles. The van der Waals surface area contributed by atoms with Gasteiger partial charge in [0.05, 0.1) is 10.6 Å². The SMILES string of the molecule is N#Cc1ccc2c(c1Cl)CC[C@H]2N. The lowest BCUT2D eigenvalue weighted by molar-refractivity contribution is 0.713. The molecule has 2 N–H and O–H groups in total. The molecule has 0 heterocycles. The van der Waals surface area contributed by atoms with Gasteiger partial charge < -0.3 is 5.73 Å². The number of rotatable bonds is 0. The zero-order valence-corrected chi connectivity index (χ0v) is 7.80. The molecular formula is C10H9ClN2. The molecule has 1 aliphatic rings. The van der Waals surface area contributed by atoms with E-state index in [1.807, 2.05) is 6.07 Å². The van der Waals surface area contributed by atoms with Crippen LogP contribution in [0.15, 0.2) is 12.1 Å². The number of hydrogen-bond donors (Lipinski definition) is 1. The van der Waals surface area contributed by atoms with Crippen molar-refractivity contribution in [2.24, 2.45) is 5.73 Å². The maximum Gasteiger partial charge on any atom is 0.101 e. The molecule has 1 aliphatic carbocycles. The molecule has 0 fully saturated rings. The summed E-state index contributed by atoms with van der Waals surface area (Å²) in [5.41, 5.74) is 8.58. The molecule has 0 amide bonds. The first kappa shape index (κ1) is 8.55. The average molecular weight is 193 g/mol. The van der Waals surface area contributed by atoms with Crippen LogP contribution in [-0.4, -0.2) is 0 Å². The summed E-state index contributed by atoms with van der Waals surface area (Å²) in [6.07, 6.45) is 1.83. The fourth-order valence-electron chi connectivity index (χ4n) is 1.78. The maximum atomic E-state index is 8.75. The van der Waals surface area contributed by atoms with Gasteiger partial charge in [-0.3, -0.25) is 0 Å². The number of nitrogens with two attached hydrogens (primary N) is 1. The first-order valence-electron chi connectivity index (χ1n) is 4.21. The second-order valence-electron chi connectivity index (χ2n) is 3.25. The molecule has 66 valence electrons. The van der Waals surface area contributed by atoms with Crippen LogP contribution < -0.4 is 5.73 Å². The van der Waals surface area contributed by atoms with E-state index in [0.717, 1.165) is 24.0 Å². The van der Waals surface area contributed by atoms with Crippen molar-refractivity contribution in [1.82, 2.24) is 0 Å². The minimum Gasteiger partial charge on any atom is -0.324 e. The Bertz CT molecular complexity index is 393. The van der Waals surface area contributed by atoms with Crippen LogP contribution in [0.5, 0.6) is 0 Å². The minimum atomic E-state index is 0.0974. The second kappa shape index (κ2) is 3.02. The first-order valence-corrected chi connectivity index (χ1v) is 4.59. The van der Waals surface area contributed by atoms with Crippen molar-refractivity contribution in [3.05, 3.63) is 33.8 Å². The highest BCUT2D eigenvalue weighted by Gasteiger charge is 2.22. The van der Waals surface area contributed by atoms with E-state index >= 15 is 0 Å². The summed E-state index contributed by atoms with van der Waals surface area (Å²) >= 11 is 6.04. The van der Waals surface area contributed by atoms with Crippen molar-refractivity contribution in [2.75, 3.05) is 0 Å². The molecule has 0 bridgehead atoms. The zero-order chi connectivity index (χ0) is 9.42. The van der Waals surface area contributed by atoms with Crippen molar-refractivity contribution in [2.45, 2.75) is 18.9 Å². The Balaban J connectivity index is 2.62. The van der Waals surface area contributed by atoms with Crippen molar-refractivity contribution >= 4 is 11.6 Å². The van der Waals surface area contributed by atoms with Gasteiger partial charge in [-0.25, -0.2) is 0 Å². The van der Waals surface area contributed by atoms with E-state index < -0.39 is 0 Å². The Morgan fingerprint density at radius 1 is 1.54 bits per heavy atom. The highest BCUT2D eigenvalue weighted by Crippen LogP contribution is 2.35. The van der Waals surface area contributed by atoms with E-state index in [9.17, 15) is 0 Å². The van der Waals surface area contributed by atoms with Crippen molar-refractivity contribution in [3.63, 3.8) is 0 Å². The van der Waals surface area contributed by atoms with Gasteiger partial charge in [0.15, 0.2) is 0 Å². The van der Waals surface area contributed by atoms with Crippen LogP contribution >= 0.6 is 11.6 Å². The molecule has 1 atom stereocenters. The number of nitriles is 1. The van der Waals surface area contributed by atoms with Crippen LogP contribution in [0.3, 0.4) is 0 Å². The fourth-order valence-corrected chi connectivity index (χ4v) is 2.09. The summed E-state index contributed by atoms with van der Waals surface area (Å²) in [7, 11) is 0. The molecule has 1 aromatic carbocycles. The molecule has 1 aromatic rings. The predicted molar refractivity (Wildman–Crippen MR) is 51.4 cm³/mol.